The number of aromatic nitrogens is 2. The molecule has 1 unspecified atom stereocenters. The number of imidazole rings is 1. The lowest BCUT2D eigenvalue weighted by molar-refractivity contribution is -0.141. The molecule has 27 heavy (non-hydrogen) atoms. The monoisotopic (exact) mass is 386 g/mol. The van der Waals surface area contributed by atoms with Crippen molar-refractivity contribution in [1.82, 2.24) is 14.9 Å². The van der Waals surface area contributed by atoms with Crippen LogP contribution in [0.25, 0.3) is 11.4 Å². The smallest absolute Gasteiger partial charge is 0.398 e. The molecule has 0 saturated carbocycles. The van der Waals surface area contributed by atoms with Crippen LogP contribution in [0.15, 0.2) is 47.4 Å². The highest BCUT2D eigenvalue weighted by molar-refractivity contribution is 5.60. The Morgan fingerprint density at radius 3 is 2.41 bits per heavy atom. The van der Waals surface area contributed by atoms with Gasteiger partial charge in [0.1, 0.15) is 5.82 Å². The Labute approximate surface area is 150 Å². The summed E-state index contributed by atoms with van der Waals surface area (Å²) in [5.74, 6) is -0.481. The number of alkyl halides is 5. The molecular formula is C16H15F5N6. The number of halogens is 5. The molecule has 0 amide bonds. The standard InChI is InChI=1S/C16H15F5N6/c17-14(18)27-7-12(16(19,20)21)26-13(27)10-3-1-9(2-4-10)5-15(23)11(22)6-24-8-25-15/h1-4,6-8,14H,5,22-23H2,(H,24,25). The van der Waals surface area contributed by atoms with Crippen molar-refractivity contribution in [1.29, 1.82) is 0 Å². The zero-order valence-corrected chi connectivity index (χ0v) is 13.7. The quantitative estimate of drug-likeness (QED) is 0.704. The lowest BCUT2D eigenvalue weighted by atomic mass is 9.97. The highest BCUT2D eigenvalue weighted by atomic mass is 19.4. The number of benzene rings is 1. The SMILES string of the molecule is NC1=CNC=NC1(N)Cc1ccc(-c2nc(C(F)(F)F)cn2C(F)F)cc1. The molecular weight excluding hydrogens is 371 g/mol. The molecule has 1 aliphatic heterocycles. The van der Waals surface area contributed by atoms with E-state index >= 15 is 0 Å². The normalized spacial score (nSPS) is 19.9. The fourth-order valence-electron chi connectivity index (χ4n) is 2.60. The maximum atomic E-state index is 13.1. The van der Waals surface area contributed by atoms with Gasteiger partial charge in [0.25, 0.3) is 0 Å². The van der Waals surface area contributed by atoms with Gasteiger partial charge in [-0.15, -0.1) is 0 Å². The summed E-state index contributed by atoms with van der Waals surface area (Å²) in [6, 6.07) is 5.88. The van der Waals surface area contributed by atoms with Gasteiger partial charge in [0.2, 0.25) is 0 Å². The molecule has 144 valence electrons. The summed E-state index contributed by atoms with van der Waals surface area (Å²) >= 11 is 0. The third kappa shape index (κ3) is 3.77. The molecule has 1 aliphatic rings. The summed E-state index contributed by atoms with van der Waals surface area (Å²) < 4.78 is 64.7. The molecule has 0 bridgehead atoms. The number of nitrogens with two attached hydrogens (primary N) is 2. The second kappa shape index (κ2) is 6.65. The summed E-state index contributed by atoms with van der Waals surface area (Å²) in [5, 5.41) is 2.70. The number of rotatable bonds is 4. The second-order valence-corrected chi connectivity index (χ2v) is 5.95. The van der Waals surface area contributed by atoms with Gasteiger partial charge < -0.3 is 16.8 Å². The number of nitrogens with one attached hydrogen (secondary N) is 1. The first-order chi connectivity index (χ1) is 12.6. The van der Waals surface area contributed by atoms with Gasteiger partial charge >= 0.3 is 12.7 Å². The predicted molar refractivity (Wildman–Crippen MR) is 88.4 cm³/mol. The molecule has 11 heteroatoms. The molecule has 1 aromatic heterocycles. The van der Waals surface area contributed by atoms with Crippen LogP contribution in [-0.2, 0) is 12.6 Å². The first-order valence-corrected chi connectivity index (χ1v) is 7.68. The number of aliphatic imine (C=N–C) groups is 1. The van der Waals surface area contributed by atoms with Crippen LogP contribution in [0, 0.1) is 0 Å². The fourth-order valence-corrected chi connectivity index (χ4v) is 2.60. The van der Waals surface area contributed by atoms with E-state index in [0.29, 0.717) is 11.3 Å². The Morgan fingerprint density at radius 2 is 1.85 bits per heavy atom. The van der Waals surface area contributed by atoms with Gasteiger partial charge in [-0.25, -0.2) is 9.98 Å². The Morgan fingerprint density at radius 1 is 1.19 bits per heavy atom. The molecule has 0 saturated heterocycles. The summed E-state index contributed by atoms with van der Waals surface area (Å²) in [5.41, 5.74) is 10.5. The van der Waals surface area contributed by atoms with Crippen molar-refractivity contribution in [2.45, 2.75) is 24.8 Å². The summed E-state index contributed by atoms with van der Waals surface area (Å²) in [4.78, 5) is 7.41. The minimum absolute atomic E-state index is 0.109. The Hall–Kier alpha value is -2.95. The zero-order valence-electron chi connectivity index (χ0n) is 13.7. The fraction of sp³-hybridized carbons (Fsp3) is 0.250. The van der Waals surface area contributed by atoms with Crippen molar-refractivity contribution in [3.8, 4) is 11.4 Å². The van der Waals surface area contributed by atoms with E-state index in [9.17, 15) is 22.0 Å². The minimum atomic E-state index is -4.82. The number of nitrogens with zero attached hydrogens (tertiary/aromatic N) is 3. The van der Waals surface area contributed by atoms with Gasteiger partial charge in [-0.05, 0) is 5.56 Å². The molecule has 5 N–H and O–H groups in total. The Bertz CT molecular complexity index is 884. The van der Waals surface area contributed by atoms with E-state index in [1.165, 1.54) is 24.7 Å². The minimum Gasteiger partial charge on any atom is -0.398 e. The van der Waals surface area contributed by atoms with Crippen LogP contribution in [0.3, 0.4) is 0 Å². The largest absolute Gasteiger partial charge is 0.434 e. The average molecular weight is 386 g/mol. The van der Waals surface area contributed by atoms with E-state index in [0.717, 1.165) is 0 Å². The third-order valence-electron chi connectivity index (χ3n) is 4.03. The number of hydrogen-bond donors (Lipinski definition) is 3. The van der Waals surface area contributed by atoms with Crippen LogP contribution in [0.1, 0.15) is 17.8 Å². The molecule has 2 aromatic rings. The molecule has 0 aliphatic carbocycles. The first-order valence-electron chi connectivity index (χ1n) is 7.68. The molecule has 1 atom stereocenters. The van der Waals surface area contributed by atoms with E-state index in [1.807, 2.05) is 0 Å². The van der Waals surface area contributed by atoms with Crippen LogP contribution < -0.4 is 16.8 Å². The second-order valence-electron chi connectivity index (χ2n) is 5.95. The molecule has 0 spiro atoms. The molecule has 0 radical (unpaired) electrons. The molecule has 2 heterocycles. The van der Waals surface area contributed by atoms with Crippen molar-refractivity contribution in [2.24, 2.45) is 16.5 Å². The number of hydrogen-bond acceptors (Lipinski definition) is 5. The topological polar surface area (TPSA) is 94.2 Å². The maximum absolute atomic E-state index is 13.1. The Kier molecular flexibility index (Phi) is 4.64. The van der Waals surface area contributed by atoms with Gasteiger partial charge in [-0.3, -0.25) is 4.57 Å². The van der Waals surface area contributed by atoms with Crippen LogP contribution in [0.5, 0.6) is 0 Å². The predicted octanol–water partition coefficient (Wildman–Crippen LogP) is 2.59. The molecule has 0 fully saturated rings. The molecule has 3 rings (SSSR count). The van der Waals surface area contributed by atoms with Crippen LogP contribution in [-0.4, -0.2) is 21.6 Å². The van der Waals surface area contributed by atoms with Gasteiger partial charge in [0.05, 0.1) is 12.0 Å². The van der Waals surface area contributed by atoms with Crippen molar-refractivity contribution >= 4 is 6.34 Å². The van der Waals surface area contributed by atoms with E-state index < -0.39 is 29.9 Å². The van der Waals surface area contributed by atoms with Crippen molar-refractivity contribution in [2.75, 3.05) is 0 Å². The summed E-state index contributed by atoms with van der Waals surface area (Å²) in [7, 11) is 0. The van der Waals surface area contributed by atoms with Crippen LogP contribution in [0.2, 0.25) is 0 Å². The first kappa shape index (κ1) is 18.8. The zero-order chi connectivity index (χ0) is 19.8. The van der Waals surface area contributed by atoms with Crippen LogP contribution >= 0.6 is 0 Å². The third-order valence-corrected chi connectivity index (χ3v) is 4.03. The van der Waals surface area contributed by atoms with E-state index in [1.54, 1.807) is 12.1 Å². The van der Waals surface area contributed by atoms with Crippen molar-refractivity contribution in [3.63, 3.8) is 0 Å². The van der Waals surface area contributed by atoms with Gasteiger partial charge in [-0.1, -0.05) is 24.3 Å². The lowest BCUT2D eigenvalue weighted by Gasteiger charge is -2.28. The van der Waals surface area contributed by atoms with E-state index in [-0.39, 0.29) is 22.7 Å². The highest BCUT2D eigenvalue weighted by Gasteiger charge is 2.36. The van der Waals surface area contributed by atoms with E-state index in [2.05, 4.69) is 15.3 Å². The van der Waals surface area contributed by atoms with Gasteiger partial charge in [-0.2, -0.15) is 22.0 Å². The maximum Gasteiger partial charge on any atom is 0.434 e. The molecule has 6 nitrogen and oxygen atoms in total. The van der Waals surface area contributed by atoms with Gasteiger partial charge in [0, 0.05) is 24.4 Å². The van der Waals surface area contributed by atoms with Crippen molar-refractivity contribution < 1.29 is 22.0 Å². The lowest BCUT2D eigenvalue weighted by Crippen LogP contribution is -2.48. The van der Waals surface area contributed by atoms with Crippen LogP contribution in [0.4, 0.5) is 22.0 Å². The summed E-state index contributed by atoms with van der Waals surface area (Å²) in [6.45, 7) is -3.16. The van der Waals surface area contributed by atoms with Crippen molar-refractivity contribution in [3.05, 3.63) is 53.6 Å². The average Bonchev–Trinajstić information content (AvgIpc) is 3.04. The molecule has 1 aromatic carbocycles. The van der Waals surface area contributed by atoms with Gasteiger partial charge in [0.15, 0.2) is 11.4 Å². The van der Waals surface area contributed by atoms with E-state index in [4.69, 9.17) is 11.5 Å². The Balaban J connectivity index is 1.90. The summed E-state index contributed by atoms with van der Waals surface area (Å²) in [6.07, 6.45) is -1.43. The highest BCUT2D eigenvalue weighted by Crippen LogP contribution is 2.33.